The first kappa shape index (κ1) is 16.6. The summed E-state index contributed by atoms with van der Waals surface area (Å²) < 4.78 is 17.2. The highest BCUT2D eigenvalue weighted by Gasteiger charge is 2.28. The molecular weight excluding hydrogens is 358 g/mol. The minimum absolute atomic E-state index is 0.00325. The summed E-state index contributed by atoms with van der Waals surface area (Å²) >= 11 is 1.46. The van der Waals surface area contributed by atoms with Gasteiger partial charge in [0.2, 0.25) is 5.76 Å². The van der Waals surface area contributed by atoms with Crippen molar-refractivity contribution in [3.05, 3.63) is 52.3 Å². The van der Waals surface area contributed by atoms with E-state index in [1.807, 2.05) is 0 Å². The van der Waals surface area contributed by atoms with E-state index in [0.717, 1.165) is 0 Å². The molecule has 0 unspecified atom stereocenters. The van der Waals surface area contributed by atoms with E-state index in [2.05, 4.69) is 10.1 Å². The fourth-order valence-corrected chi connectivity index (χ4v) is 3.80. The van der Waals surface area contributed by atoms with Gasteiger partial charge >= 0.3 is 5.97 Å². The molecule has 0 bridgehead atoms. The Hall–Kier alpha value is -2.81. The van der Waals surface area contributed by atoms with E-state index in [9.17, 15) is 9.59 Å². The molecule has 3 aromatic rings. The van der Waals surface area contributed by atoms with E-state index in [1.54, 1.807) is 35.9 Å². The van der Waals surface area contributed by atoms with Crippen molar-refractivity contribution in [3.63, 3.8) is 0 Å². The molecule has 26 heavy (non-hydrogen) atoms. The second-order valence-electron chi connectivity index (χ2n) is 5.89. The van der Waals surface area contributed by atoms with Gasteiger partial charge in [-0.1, -0.05) is 16.9 Å². The molecule has 9 heteroatoms. The summed E-state index contributed by atoms with van der Waals surface area (Å²) in [5.74, 6) is 1.24. The number of furan rings is 1. The number of carbonyl (C=O) groups excluding carboxylic acids is 1. The van der Waals surface area contributed by atoms with Gasteiger partial charge in [0.1, 0.15) is 12.3 Å². The molecule has 1 aliphatic rings. The van der Waals surface area contributed by atoms with Crippen molar-refractivity contribution >= 4 is 17.7 Å². The second-order valence-corrected chi connectivity index (χ2v) is 6.88. The summed E-state index contributed by atoms with van der Waals surface area (Å²) in [5.41, 5.74) is 0.931. The normalized spacial score (nSPS) is 15.8. The molecule has 4 heterocycles. The number of ether oxygens (including phenoxy) is 1. The highest BCUT2D eigenvalue weighted by molar-refractivity contribution is 7.99. The van der Waals surface area contributed by atoms with Gasteiger partial charge in [-0.3, -0.25) is 14.2 Å². The van der Waals surface area contributed by atoms with Gasteiger partial charge < -0.3 is 13.7 Å². The van der Waals surface area contributed by atoms with Gasteiger partial charge in [0.25, 0.3) is 5.56 Å². The maximum Gasteiger partial charge on any atom is 0.308 e. The number of hydrogen-bond donors (Lipinski definition) is 0. The molecule has 0 saturated heterocycles. The number of hydrogen-bond acceptors (Lipinski definition) is 8. The molecular formula is C17H15N3O5S. The van der Waals surface area contributed by atoms with Crippen molar-refractivity contribution in [1.29, 1.82) is 0 Å². The van der Waals surface area contributed by atoms with Gasteiger partial charge in [-0.25, -0.2) is 4.98 Å². The number of aryl methyl sites for hydroxylation is 1. The zero-order valence-corrected chi connectivity index (χ0v) is 14.7. The van der Waals surface area contributed by atoms with E-state index < -0.39 is 5.97 Å². The van der Waals surface area contributed by atoms with Gasteiger partial charge in [-0.2, -0.15) is 0 Å². The van der Waals surface area contributed by atoms with E-state index in [1.165, 1.54) is 18.0 Å². The summed E-state index contributed by atoms with van der Waals surface area (Å²) in [6, 6.07) is 4.90. The van der Waals surface area contributed by atoms with Crippen molar-refractivity contribution in [2.24, 2.45) is 0 Å². The van der Waals surface area contributed by atoms with Crippen LogP contribution in [0.3, 0.4) is 0 Å². The molecule has 0 fully saturated rings. The Morgan fingerprint density at radius 1 is 1.46 bits per heavy atom. The predicted octanol–water partition coefficient (Wildman–Crippen LogP) is 2.58. The minimum atomic E-state index is -0.403. The first-order valence-corrected chi connectivity index (χ1v) is 8.96. The van der Waals surface area contributed by atoms with Gasteiger partial charge in [-0.05, 0) is 19.1 Å². The highest BCUT2D eigenvalue weighted by Crippen LogP contribution is 2.32. The maximum atomic E-state index is 12.3. The van der Waals surface area contributed by atoms with Crippen LogP contribution in [0.15, 0.2) is 49.6 Å². The lowest BCUT2D eigenvalue weighted by Gasteiger charge is -2.12. The lowest BCUT2D eigenvalue weighted by molar-refractivity contribution is -0.145. The molecule has 134 valence electrons. The largest absolute Gasteiger partial charge is 0.461 e. The Morgan fingerprint density at radius 2 is 2.35 bits per heavy atom. The van der Waals surface area contributed by atoms with Crippen molar-refractivity contribution in [1.82, 2.24) is 14.7 Å². The van der Waals surface area contributed by atoms with Crippen molar-refractivity contribution in [2.45, 2.75) is 31.1 Å². The third-order valence-corrected chi connectivity index (χ3v) is 5.12. The van der Waals surface area contributed by atoms with Crippen LogP contribution in [0.4, 0.5) is 0 Å². The van der Waals surface area contributed by atoms with Crippen LogP contribution in [0.1, 0.15) is 23.7 Å². The SMILES string of the molecule is Cc1cnc2n(c1=O)[C@@H](CC(=O)OCc1cc(-c3ccco3)on1)CS2. The molecule has 4 rings (SSSR count). The second kappa shape index (κ2) is 6.83. The van der Waals surface area contributed by atoms with Crippen LogP contribution >= 0.6 is 11.8 Å². The summed E-state index contributed by atoms with van der Waals surface area (Å²) in [4.78, 5) is 28.7. The summed E-state index contributed by atoms with van der Waals surface area (Å²) in [6.07, 6.45) is 3.20. The van der Waals surface area contributed by atoms with Crippen molar-refractivity contribution in [2.75, 3.05) is 5.75 Å². The highest BCUT2D eigenvalue weighted by atomic mass is 32.2. The van der Waals surface area contributed by atoms with Crippen LogP contribution in [-0.4, -0.2) is 26.4 Å². The zero-order valence-electron chi connectivity index (χ0n) is 13.9. The molecule has 0 N–H and O–H groups in total. The number of nitrogens with zero attached hydrogens (tertiary/aromatic N) is 3. The van der Waals surface area contributed by atoms with Crippen LogP contribution in [-0.2, 0) is 16.1 Å². The summed E-state index contributed by atoms with van der Waals surface area (Å²) in [6.45, 7) is 1.71. The van der Waals surface area contributed by atoms with E-state index >= 15 is 0 Å². The molecule has 1 atom stereocenters. The molecule has 0 aliphatic carbocycles. The van der Waals surface area contributed by atoms with Crippen LogP contribution in [0.25, 0.3) is 11.5 Å². The fourth-order valence-electron chi connectivity index (χ4n) is 2.69. The van der Waals surface area contributed by atoms with E-state index in [0.29, 0.717) is 33.7 Å². The van der Waals surface area contributed by atoms with Gasteiger partial charge in [0.15, 0.2) is 10.9 Å². The molecule has 0 spiro atoms. The Labute approximate surface area is 152 Å². The topological polar surface area (TPSA) is 100 Å². The summed E-state index contributed by atoms with van der Waals surface area (Å²) in [5, 5.41) is 4.49. The third kappa shape index (κ3) is 3.17. The lowest BCUT2D eigenvalue weighted by atomic mass is 10.2. The Morgan fingerprint density at radius 3 is 3.15 bits per heavy atom. The lowest BCUT2D eigenvalue weighted by Crippen LogP contribution is -2.27. The number of rotatable bonds is 5. The average Bonchev–Trinajstić information content (AvgIpc) is 3.36. The number of carbonyl (C=O) groups is 1. The van der Waals surface area contributed by atoms with Crippen molar-refractivity contribution in [3.8, 4) is 11.5 Å². The summed E-state index contributed by atoms with van der Waals surface area (Å²) in [7, 11) is 0. The minimum Gasteiger partial charge on any atom is -0.461 e. The van der Waals surface area contributed by atoms with Gasteiger partial charge in [0.05, 0.1) is 18.7 Å². The van der Waals surface area contributed by atoms with Crippen LogP contribution in [0.2, 0.25) is 0 Å². The number of thioether (sulfide) groups is 1. The molecule has 0 aromatic carbocycles. The van der Waals surface area contributed by atoms with Crippen LogP contribution < -0.4 is 5.56 Å². The molecule has 8 nitrogen and oxygen atoms in total. The van der Waals surface area contributed by atoms with Gasteiger partial charge in [0, 0.05) is 23.6 Å². The molecule has 1 aliphatic heterocycles. The molecule has 3 aromatic heterocycles. The zero-order chi connectivity index (χ0) is 18.1. The number of fused-ring (bicyclic) bond motifs is 1. The Bertz CT molecular complexity index is 992. The molecule has 0 saturated carbocycles. The smallest absolute Gasteiger partial charge is 0.308 e. The number of esters is 1. The fraction of sp³-hybridized carbons (Fsp3) is 0.294. The average molecular weight is 373 g/mol. The van der Waals surface area contributed by atoms with Crippen molar-refractivity contribution < 1.29 is 18.5 Å². The standard InChI is InChI=1S/C17H15N3O5S/c1-10-7-18-17-20(16(10)22)12(9-26-17)6-15(21)24-8-11-5-14(25-19-11)13-3-2-4-23-13/h2-5,7,12H,6,8-9H2,1H3/t12-/m0/s1. The monoisotopic (exact) mass is 373 g/mol. The maximum absolute atomic E-state index is 12.3. The van der Waals surface area contributed by atoms with Gasteiger partial charge in [-0.15, -0.1) is 0 Å². The predicted molar refractivity (Wildman–Crippen MR) is 91.6 cm³/mol. The Balaban J connectivity index is 1.38. The first-order chi connectivity index (χ1) is 12.6. The quantitative estimate of drug-likeness (QED) is 0.497. The Kier molecular flexibility index (Phi) is 4.37. The molecule has 0 amide bonds. The van der Waals surface area contributed by atoms with E-state index in [4.69, 9.17) is 13.7 Å². The molecule has 0 radical (unpaired) electrons. The van der Waals surface area contributed by atoms with E-state index in [-0.39, 0.29) is 24.6 Å². The van der Waals surface area contributed by atoms with Crippen LogP contribution in [0.5, 0.6) is 0 Å². The first-order valence-electron chi connectivity index (χ1n) is 7.98. The third-order valence-electron chi connectivity index (χ3n) is 4.01. The van der Waals surface area contributed by atoms with Crippen LogP contribution in [0, 0.1) is 6.92 Å². The number of aromatic nitrogens is 3.